The van der Waals surface area contributed by atoms with Crippen molar-refractivity contribution in [3.05, 3.63) is 100 Å². The Kier molecular flexibility index (Phi) is 5.53. The van der Waals surface area contributed by atoms with Crippen LogP contribution in [0.15, 0.2) is 77.6 Å². The molecule has 206 valence electrons. The van der Waals surface area contributed by atoms with Crippen LogP contribution in [-0.2, 0) is 19.9 Å². The van der Waals surface area contributed by atoms with E-state index in [-0.39, 0.29) is 35.9 Å². The fourth-order valence-electron chi connectivity index (χ4n) is 6.94. The van der Waals surface area contributed by atoms with E-state index in [1.54, 1.807) is 54.0 Å². The first-order valence-corrected chi connectivity index (χ1v) is 13.8. The van der Waals surface area contributed by atoms with Crippen molar-refractivity contribution in [3.8, 4) is 5.69 Å². The number of nitrogens with one attached hydrogen (secondary N) is 1. The molecule has 3 aliphatic rings. The van der Waals surface area contributed by atoms with Gasteiger partial charge in [-0.1, -0.05) is 44.2 Å². The van der Waals surface area contributed by atoms with Crippen molar-refractivity contribution in [1.82, 2.24) is 14.9 Å². The second-order valence-electron chi connectivity index (χ2n) is 11.1. The number of rotatable bonds is 4. The number of ether oxygens (including phenoxy) is 1. The Bertz CT molecular complexity index is 1830. The summed E-state index contributed by atoms with van der Waals surface area (Å²) in [6.45, 7) is 6.01. The summed E-state index contributed by atoms with van der Waals surface area (Å²) >= 11 is 0. The maximum Gasteiger partial charge on any atom is 0.338 e. The highest BCUT2D eigenvalue weighted by molar-refractivity contribution is 6.23. The Morgan fingerprint density at radius 1 is 0.976 bits per heavy atom. The molecule has 9 heteroatoms. The minimum Gasteiger partial charge on any atom is -0.462 e. The van der Waals surface area contributed by atoms with Crippen molar-refractivity contribution < 1.29 is 19.1 Å². The largest absolute Gasteiger partial charge is 0.462 e. The van der Waals surface area contributed by atoms with Crippen LogP contribution >= 0.6 is 0 Å². The van der Waals surface area contributed by atoms with E-state index in [9.17, 15) is 19.2 Å². The minimum absolute atomic E-state index is 0.00171. The van der Waals surface area contributed by atoms with E-state index in [1.165, 1.54) is 4.90 Å². The van der Waals surface area contributed by atoms with Gasteiger partial charge in [-0.25, -0.2) is 14.7 Å². The molecule has 0 bridgehead atoms. The third-order valence-electron chi connectivity index (χ3n) is 8.65. The maximum atomic E-state index is 14.5. The Morgan fingerprint density at radius 3 is 2.41 bits per heavy atom. The van der Waals surface area contributed by atoms with Gasteiger partial charge in [0.15, 0.2) is 0 Å². The second kappa shape index (κ2) is 8.94. The van der Waals surface area contributed by atoms with Gasteiger partial charge in [-0.05, 0) is 55.3 Å². The van der Waals surface area contributed by atoms with Gasteiger partial charge in [0.25, 0.3) is 5.56 Å². The molecule has 0 saturated carbocycles. The van der Waals surface area contributed by atoms with Crippen LogP contribution in [0.2, 0.25) is 0 Å². The molecule has 3 aromatic carbocycles. The molecule has 3 aliphatic heterocycles. The summed E-state index contributed by atoms with van der Waals surface area (Å²) in [5, 5.41) is 4.17. The average Bonchev–Trinajstić information content (AvgIpc) is 3.57. The number of aromatic nitrogens is 2. The van der Waals surface area contributed by atoms with Crippen molar-refractivity contribution in [2.24, 2.45) is 17.8 Å². The number of hydrogen-bond donors (Lipinski definition) is 1. The minimum atomic E-state index is -1.19. The number of anilines is 1. The van der Waals surface area contributed by atoms with E-state index in [0.717, 1.165) is 5.56 Å². The van der Waals surface area contributed by atoms with Crippen LogP contribution in [0.1, 0.15) is 42.5 Å². The van der Waals surface area contributed by atoms with Crippen LogP contribution in [0.5, 0.6) is 0 Å². The molecule has 4 aromatic rings. The first kappa shape index (κ1) is 25.3. The SMILES string of the molecule is CCOC(=O)c1ccc(N2C(=O)[C@@H]3[C@@H](C(C)C)N[C@]4(c5ccccc5-n5c4nc4ccccc4c5=O)[C@H]3C2=O)cc1. The summed E-state index contributed by atoms with van der Waals surface area (Å²) < 4.78 is 6.67. The van der Waals surface area contributed by atoms with Crippen molar-refractivity contribution in [2.75, 3.05) is 11.5 Å². The van der Waals surface area contributed by atoms with E-state index in [4.69, 9.17) is 9.72 Å². The van der Waals surface area contributed by atoms with Gasteiger partial charge >= 0.3 is 5.97 Å². The van der Waals surface area contributed by atoms with Crippen LogP contribution < -0.4 is 15.8 Å². The van der Waals surface area contributed by atoms with Crippen LogP contribution in [0.3, 0.4) is 0 Å². The third kappa shape index (κ3) is 3.29. The zero-order valence-electron chi connectivity index (χ0n) is 22.8. The number of para-hydroxylation sites is 2. The lowest BCUT2D eigenvalue weighted by Gasteiger charge is -2.32. The number of carbonyl (C=O) groups excluding carboxylic acids is 3. The Hall–Kier alpha value is -4.63. The molecule has 2 amide bonds. The number of carbonyl (C=O) groups is 3. The molecule has 1 N–H and O–H groups in total. The lowest BCUT2D eigenvalue weighted by Crippen LogP contribution is -2.51. The summed E-state index contributed by atoms with van der Waals surface area (Å²) in [6.07, 6.45) is 0. The van der Waals surface area contributed by atoms with E-state index in [2.05, 4.69) is 5.32 Å². The predicted octanol–water partition coefficient (Wildman–Crippen LogP) is 3.55. The first-order chi connectivity index (χ1) is 19.8. The highest BCUT2D eigenvalue weighted by Crippen LogP contribution is 2.56. The fourth-order valence-corrected chi connectivity index (χ4v) is 6.94. The predicted molar refractivity (Wildman–Crippen MR) is 152 cm³/mol. The summed E-state index contributed by atoms with van der Waals surface area (Å²) in [7, 11) is 0. The van der Waals surface area contributed by atoms with Gasteiger partial charge in [0, 0.05) is 11.6 Å². The molecule has 0 unspecified atom stereocenters. The van der Waals surface area contributed by atoms with E-state index in [1.807, 2.05) is 44.2 Å². The fraction of sp³-hybridized carbons (Fsp3) is 0.281. The standard InChI is InChI=1S/C32H28N4O5/c1-4-41-30(40)18-13-15-19(16-14-18)35-28(38)24-25(29(35)39)32(34-26(24)17(2)3)21-10-6-8-12-23(21)36-27(37)20-9-5-7-11-22(20)33-31(32)36/h5-17,24-26,34H,4H2,1-3H3/t24-,25+,26+,32+/m0/s1. The topological polar surface area (TPSA) is 111 Å². The zero-order valence-corrected chi connectivity index (χ0v) is 22.8. The molecule has 4 atom stereocenters. The molecule has 1 spiro atoms. The third-order valence-corrected chi connectivity index (χ3v) is 8.65. The second-order valence-corrected chi connectivity index (χ2v) is 11.1. The van der Waals surface area contributed by atoms with E-state index < -0.39 is 23.3 Å². The van der Waals surface area contributed by atoms with Crippen LogP contribution in [0, 0.1) is 17.8 Å². The maximum absolute atomic E-state index is 14.5. The van der Waals surface area contributed by atoms with Crippen molar-refractivity contribution in [1.29, 1.82) is 0 Å². The number of hydrogen-bond acceptors (Lipinski definition) is 7. The van der Waals surface area contributed by atoms with Gasteiger partial charge < -0.3 is 4.74 Å². The van der Waals surface area contributed by atoms with Gasteiger partial charge in [0.2, 0.25) is 11.8 Å². The van der Waals surface area contributed by atoms with Crippen molar-refractivity contribution >= 4 is 34.4 Å². The molecule has 1 aromatic heterocycles. The highest BCUT2D eigenvalue weighted by Gasteiger charge is 2.70. The lowest BCUT2D eigenvalue weighted by atomic mass is 9.75. The quantitative estimate of drug-likeness (QED) is 0.307. The highest BCUT2D eigenvalue weighted by atomic mass is 16.5. The van der Waals surface area contributed by atoms with Crippen molar-refractivity contribution in [3.63, 3.8) is 0 Å². The molecule has 4 heterocycles. The number of nitrogens with zero attached hydrogens (tertiary/aromatic N) is 3. The first-order valence-electron chi connectivity index (χ1n) is 13.8. The summed E-state index contributed by atoms with van der Waals surface area (Å²) in [5.74, 6) is -2.26. The monoisotopic (exact) mass is 548 g/mol. The summed E-state index contributed by atoms with van der Waals surface area (Å²) in [6, 6.07) is 20.6. The summed E-state index contributed by atoms with van der Waals surface area (Å²) in [4.78, 5) is 60.9. The molecule has 0 aliphatic carbocycles. The normalized spacial score (nSPS) is 24.3. The van der Waals surface area contributed by atoms with Gasteiger partial charge in [0.05, 0.1) is 46.3 Å². The van der Waals surface area contributed by atoms with Gasteiger partial charge in [-0.3, -0.25) is 24.3 Å². The smallest absolute Gasteiger partial charge is 0.338 e. The van der Waals surface area contributed by atoms with E-state index in [0.29, 0.717) is 33.7 Å². The number of imide groups is 1. The summed E-state index contributed by atoms with van der Waals surface area (Å²) in [5.41, 5.74) is 1.25. The Labute approximate surface area is 235 Å². The van der Waals surface area contributed by atoms with Gasteiger partial charge in [-0.15, -0.1) is 0 Å². The zero-order chi connectivity index (χ0) is 28.6. The molecule has 0 radical (unpaired) electrons. The Morgan fingerprint density at radius 2 is 1.68 bits per heavy atom. The lowest BCUT2D eigenvalue weighted by molar-refractivity contribution is -0.123. The van der Waals surface area contributed by atoms with Gasteiger partial charge in [0.1, 0.15) is 11.4 Å². The molecule has 2 saturated heterocycles. The molecule has 9 nitrogen and oxygen atoms in total. The average molecular weight is 549 g/mol. The molecule has 2 fully saturated rings. The number of esters is 1. The molecular formula is C32H28N4O5. The van der Waals surface area contributed by atoms with Crippen LogP contribution in [0.25, 0.3) is 16.6 Å². The number of fused-ring (bicyclic) bond motifs is 8. The Balaban J connectivity index is 1.43. The van der Waals surface area contributed by atoms with Crippen molar-refractivity contribution in [2.45, 2.75) is 32.4 Å². The van der Waals surface area contributed by atoms with Crippen LogP contribution in [0.4, 0.5) is 5.69 Å². The molecule has 7 rings (SSSR count). The molecule has 41 heavy (non-hydrogen) atoms. The number of benzene rings is 3. The van der Waals surface area contributed by atoms with E-state index >= 15 is 0 Å². The van der Waals surface area contributed by atoms with Crippen LogP contribution in [-0.4, -0.2) is 40.0 Å². The number of amides is 2. The molecular weight excluding hydrogens is 520 g/mol. The van der Waals surface area contributed by atoms with Gasteiger partial charge in [-0.2, -0.15) is 0 Å².